The van der Waals surface area contributed by atoms with E-state index in [1.54, 1.807) is 37.3 Å². The lowest BCUT2D eigenvalue weighted by molar-refractivity contribution is -0.120. The number of phenolic OH excluding ortho intramolecular Hbond substituents is 1. The van der Waals surface area contributed by atoms with Crippen molar-refractivity contribution in [1.29, 1.82) is 0 Å². The predicted octanol–water partition coefficient (Wildman–Crippen LogP) is 5.37. The number of carboxylic acid groups (broad SMARTS) is 1. The van der Waals surface area contributed by atoms with Crippen molar-refractivity contribution in [3.8, 4) is 17.1 Å². The number of furan rings is 1. The van der Waals surface area contributed by atoms with E-state index in [9.17, 15) is 24.6 Å². The van der Waals surface area contributed by atoms with Crippen LogP contribution in [0.15, 0.2) is 83.3 Å². The average molecular weight is 509 g/mol. The van der Waals surface area contributed by atoms with Crippen LogP contribution in [0.4, 0.5) is 0 Å². The Kier molecular flexibility index (Phi) is 6.62. The zero-order valence-electron chi connectivity index (χ0n) is 20.5. The van der Waals surface area contributed by atoms with Crippen LogP contribution in [0.5, 0.6) is 5.75 Å². The molecule has 0 radical (unpaired) electrons. The van der Waals surface area contributed by atoms with Gasteiger partial charge in [0.15, 0.2) is 5.78 Å². The second-order valence-corrected chi connectivity index (χ2v) is 8.96. The van der Waals surface area contributed by atoms with Crippen LogP contribution < -0.4 is 5.32 Å². The number of aromatic carboxylic acids is 1. The Morgan fingerprint density at radius 3 is 2.45 bits per heavy atom. The summed E-state index contributed by atoms with van der Waals surface area (Å²) in [7, 11) is 0. The van der Waals surface area contributed by atoms with Crippen LogP contribution in [-0.2, 0) is 11.2 Å². The number of nitrogens with one attached hydrogen (secondary N) is 1. The number of para-hydroxylation sites is 1. The summed E-state index contributed by atoms with van der Waals surface area (Å²) in [6, 6.07) is 21.3. The normalized spacial score (nSPS) is 11.9. The molecular weight excluding hydrogens is 484 g/mol. The Morgan fingerprint density at radius 1 is 0.974 bits per heavy atom. The monoisotopic (exact) mass is 508 g/mol. The van der Waals surface area contributed by atoms with E-state index in [2.05, 4.69) is 10.3 Å². The lowest BCUT2D eigenvalue weighted by Gasteiger charge is -2.17. The molecule has 2 heterocycles. The largest absolute Gasteiger partial charge is 0.508 e. The minimum absolute atomic E-state index is 0.0880. The fourth-order valence-electron chi connectivity index (χ4n) is 4.39. The highest BCUT2D eigenvalue weighted by Crippen LogP contribution is 2.31. The number of phenols is 1. The number of pyridine rings is 1. The number of hydrogen-bond donors (Lipinski definition) is 3. The zero-order chi connectivity index (χ0) is 26.8. The first kappa shape index (κ1) is 24.7. The Morgan fingerprint density at radius 2 is 1.74 bits per heavy atom. The van der Waals surface area contributed by atoms with Gasteiger partial charge in [0.1, 0.15) is 22.8 Å². The number of aromatic hydroxyl groups is 1. The third kappa shape index (κ3) is 4.97. The van der Waals surface area contributed by atoms with Crippen molar-refractivity contribution < 1.29 is 29.0 Å². The van der Waals surface area contributed by atoms with Crippen LogP contribution >= 0.6 is 0 Å². The molecule has 1 amide bonds. The minimum Gasteiger partial charge on any atom is -0.508 e. The molecule has 0 aliphatic rings. The van der Waals surface area contributed by atoms with E-state index in [4.69, 9.17) is 4.42 Å². The summed E-state index contributed by atoms with van der Waals surface area (Å²) in [5.41, 5.74) is 2.28. The molecule has 8 nitrogen and oxygen atoms in total. The van der Waals surface area contributed by atoms with Crippen molar-refractivity contribution in [3.63, 3.8) is 0 Å². The summed E-state index contributed by atoms with van der Waals surface area (Å²) in [6.45, 7) is 1.70. The summed E-state index contributed by atoms with van der Waals surface area (Å²) in [5, 5.41) is 23.4. The number of nitrogens with zero attached hydrogens (tertiary/aromatic N) is 1. The number of aromatic nitrogens is 1. The quantitative estimate of drug-likeness (QED) is 0.257. The summed E-state index contributed by atoms with van der Waals surface area (Å²) < 4.78 is 5.92. The molecule has 1 atom stereocenters. The first-order valence-electron chi connectivity index (χ1n) is 12.1. The van der Waals surface area contributed by atoms with Crippen LogP contribution in [0.1, 0.15) is 39.8 Å². The van der Waals surface area contributed by atoms with E-state index in [0.717, 1.165) is 16.5 Å². The van der Waals surface area contributed by atoms with Gasteiger partial charge in [-0.25, -0.2) is 9.78 Å². The van der Waals surface area contributed by atoms with Gasteiger partial charge in [-0.15, -0.1) is 0 Å². The van der Waals surface area contributed by atoms with Crippen LogP contribution in [0.2, 0.25) is 0 Å². The van der Waals surface area contributed by atoms with Crippen molar-refractivity contribution in [1.82, 2.24) is 10.3 Å². The smallest absolute Gasteiger partial charge is 0.336 e. The summed E-state index contributed by atoms with van der Waals surface area (Å²) in [5.74, 6) is -1.36. The number of carbonyl (C=O) groups excluding carboxylic acids is 2. The van der Waals surface area contributed by atoms with Gasteiger partial charge in [0.25, 0.3) is 5.91 Å². The van der Waals surface area contributed by atoms with Crippen molar-refractivity contribution in [2.75, 3.05) is 0 Å². The van der Waals surface area contributed by atoms with E-state index >= 15 is 0 Å². The topological polar surface area (TPSA) is 130 Å². The molecule has 3 aromatic carbocycles. The fraction of sp³-hybridized carbons (Fsp3) is 0.133. The van der Waals surface area contributed by atoms with Gasteiger partial charge >= 0.3 is 5.97 Å². The molecule has 0 unspecified atom stereocenters. The van der Waals surface area contributed by atoms with Gasteiger partial charge in [0.05, 0.1) is 17.1 Å². The summed E-state index contributed by atoms with van der Waals surface area (Å²) in [4.78, 5) is 42.3. The van der Waals surface area contributed by atoms with Crippen molar-refractivity contribution in [2.24, 2.45) is 0 Å². The fourth-order valence-corrected chi connectivity index (χ4v) is 4.39. The number of Topliss-reactive ketones (excluding diaryl/α,β-unsaturated/α-hetero) is 1. The maximum absolute atomic E-state index is 13.2. The van der Waals surface area contributed by atoms with Gasteiger partial charge in [-0.2, -0.15) is 0 Å². The molecule has 0 fully saturated rings. The minimum atomic E-state index is -1.21. The Balaban J connectivity index is 1.47. The van der Waals surface area contributed by atoms with E-state index < -0.39 is 17.9 Å². The van der Waals surface area contributed by atoms with Crippen molar-refractivity contribution in [2.45, 2.75) is 25.8 Å². The standard InChI is InChI=1S/C30H24N2O6/c1-2-26(34)24(13-17-7-10-20(33)11-8-17)32-29(35)25-16-22(30(36)37)21-14-19(9-12-23(21)31-25)28-15-18-5-3-4-6-27(18)38-28/h3-12,14-16,24,33H,2,13H2,1H3,(H,32,35)(H,36,37)/t24-/m0/s1. The second-order valence-electron chi connectivity index (χ2n) is 8.96. The van der Waals surface area contributed by atoms with E-state index in [0.29, 0.717) is 22.2 Å². The number of amides is 1. The van der Waals surface area contributed by atoms with Crippen molar-refractivity contribution in [3.05, 3.63) is 95.7 Å². The first-order chi connectivity index (χ1) is 18.3. The molecule has 5 rings (SSSR count). The molecule has 0 spiro atoms. The van der Waals surface area contributed by atoms with Gasteiger partial charge in [0, 0.05) is 22.8 Å². The average Bonchev–Trinajstić information content (AvgIpc) is 3.36. The number of fused-ring (bicyclic) bond motifs is 2. The predicted molar refractivity (Wildman–Crippen MR) is 142 cm³/mol. The number of carboxylic acids is 1. The molecule has 5 aromatic rings. The van der Waals surface area contributed by atoms with Crippen LogP contribution in [0.3, 0.4) is 0 Å². The second kappa shape index (κ2) is 10.2. The number of rotatable bonds is 8. The highest BCUT2D eigenvalue weighted by molar-refractivity contribution is 6.07. The number of hydrogen-bond acceptors (Lipinski definition) is 6. The number of ketones is 1. The Labute approximate surface area is 217 Å². The van der Waals surface area contributed by atoms with Crippen molar-refractivity contribution >= 4 is 39.5 Å². The first-order valence-corrected chi connectivity index (χ1v) is 12.1. The van der Waals surface area contributed by atoms with Gasteiger partial charge in [-0.05, 0) is 60.5 Å². The SMILES string of the molecule is CCC(=O)[C@H](Cc1ccc(O)cc1)NC(=O)c1cc(C(=O)O)c2cc(-c3cc4ccccc4o3)ccc2n1. The van der Waals surface area contributed by atoms with E-state index in [1.165, 1.54) is 18.2 Å². The molecule has 190 valence electrons. The Bertz CT molecular complexity index is 1650. The molecule has 2 aromatic heterocycles. The third-order valence-electron chi connectivity index (χ3n) is 6.40. The van der Waals surface area contributed by atoms with E-state index in [1.807, 2.05) is 30.3 Å². The molecule has 8 heteroatoms. The van der Waals surface area contributed by atoms with E-state index in [-0.39, 0.29) is 35.6 Å². The molecule has 3 N–H and O–H groups in total. The number of carbonyl (C=O) groups is 3. The van der Waals surface area contributed by atoms with Gasteiger partial charge < -0.3 is 19.9 Å². The molecule has 0 saturated carbocycles. The summed E-state index contributed by atoms with van der Waals surface area (Å²) in [6.07, 6.45) is 0.429. The van der Waals surface area contributed by atoms with Gasteiger partial charge in [-0.3, -0.25) is 9.59 Å². The van der Waals surface area contributed by atoms with Crippen LogP contribution in [0, 0.1) is 0 Å². The molecular formula is C30H24N2O6. The Hall–Kier alpha value is -4.98. The molecule has 0 saturated heterocycles. The third-order valence-corrected chi connectivity index (χ3v) is 6.40. The molecule has 0 bridgehead atoms. The highest BCUT2D eigenvalue weighted by atomic mass is 16.4. The zero-order valence-corrected chi connectivity index (χ0v) is 20.5. The van der Waals surface area contributed by atoms with Gasteiger partial charge in [-0.1, -0.05) is 37.3 Å². The van der Waals surface area contributed by atoms with Crippen LogP contribution in [-0.4, -0.2) is 38.9 Å². The summed E-state index contributed by atoms with van der Waals surface area (Å²) >= 11 is 0. The maximum atomic E-state index is 13.2. The lowest BCUT2D eigenvalue weighted by Crippen LogP contribution is -2.42. The molecule has 38 heavy (non-hydrogen) atoms. The molecule has 0 aliphatic carbocycles. The van der Waals surface area contributed by atoms with Gasteiger partial charge in [0.2, 0.25) is 0 Å². The van der Waals surface area contributed by atoms with Crippen LogP contribution in [0.25, 0.3) is 33.2 Å². The maximum Gasteiger partial charge on any atom is 0.336 e. The number of benzene rings is 3. The highest BCUT2D eigenvalue weighted by Gasteiger charge is 2.23. The molecule has 0 aliphatic heterocycles. The lowest BCUT2D eigenvalue weighted by atomic mass is 10.00.